The molecule has 2 heterocycles. The van der Waals surface area contributed by atoms with Gasteiger partial charge in [-0.25, -0.2) is 0 Å². The van der Waals surface area contributed by atoms with Crippen molar-refractivity contribution in [2.45, 2.75) is 5.75 Å². The van der Waals surface area contributed by atoms with Crippen molar-refractivity contribution < 1.29 is 0 Å². The molecule has 0 saturated carbocycles. The molecule has 0 aromatic carbocycles. The minimum Gasteiger partial charge on any atom is -0.396 e. The minimum absolute atomic E-state index is 0.669. The number of aromatic nitrogens is 3. The van der Waals surface area contributed by atoms with Crippen molar-refractivity contribution in [1.29, 1.82) is 0 Å². The molecule has 2 N–H and O–H groups in total. The second-order valence-electron chi connectivity index (χ2n) is 2.71. The minimum atomic E-state index is 0.669. The molecule has 68 valence electrons. The Bertz CT molecular complexity index is 423. The molecular formula is C8H10N4S. The van der Waals surface area contributed by atoms with Crippen LogP contribution in [0.25, 0.3) is 5.65 Å². The van der Waals surface area contributed by atoms with Crippen LogP contribution in [0.5, 0.6) is 0 Å². The van der Waals surface area contributed by atoms with Gasteiger partial charge >= 0.3 is 0 Å². The maximum atomic E-state index is 5.74. The zero-order chi connectivity index (χ0) is 9.26. The molecule has 0 spiro atoms. The topological polar surface area (TPSA) is 56.2 Å². The fourth-order valence-corrected chi connectivity index (χ4v) is 1.67. The molecule has 0 aliphatic heterocycles. The quantitative estimate of drug-likeness (QED) is 0.779. The number of pyridine rings is 1. The van der Waals surface area contributed by atoms with Crippen LogP contribution < -0.4 is 5.73 Å². The molecule has 0 aliphatic carbocycles. The van der Waals surface area contributed by atoms with Crippen molar-refractivity contribution in [3.8, 4) is 0 Å². The number of nitrogen functional groups attached to an aromatic ring is 1. The first-order chi connectivity index (χ1) is 6.33. The summed E-state index contributed by atoms with van der Waals surface area (Å²) >= 11 is 1.72. The molecule has 0 radical (unpaired) electrons. The Morgan fingerprint density at radius 2 is 2.38 bits per heavy atom. The first-order valence-corrected chi connectivity index (χ1v) is 5.29. The average Bonchev–Trinajstić information content (AvgIpc) is 2.51. The number of fused-ring (bicyclic) bond motifs is 1. The lowest BCUT2D eigenvalue weighted by atomic mass is 10.4. The molecule has 0 fully saturated rings. The lowest BCUT2D eigenvalue weighted by Crippen LogP contribution is -1.94. The van der Waals surface area contributed by atoms with Gasteiger partial charge in [0.25, 0.3) is 0 Å². The van der Waals surface area contributed by atoms with E-state index in [4.69, 9.17) is 5.73 Å². The van der Waals surface area contributed by atoms with E-state index in [0.717, 1.165) is 17.2 Å². The highest BCUT2D eigenvalue weighted by Gasteiger charge is 2.05. The SMILES string of the molecule is CSCc1nnc2c(N)cccn12. The summed E-state index contributed by atoms with van der Waals surface area (Å²) in [5.74, 6) is 1.79. The molecule has 2 aromatic heterocycles. The van der Waals surface area contributed by atoms with Gasteiger partial charge in [-0.1, -0.05) is 0 Å². The van der Waals surface area contributed by atoms with Gasteiger partial charge < -0.3 is 5.73 Å². The monoisotopic (exact) mass is 194 g/mol. The van der Waals surface area contributed by atoms with Crippen molar-refractivity contribution in [2.75, 3.05) is 12.0 Å². The van der Waals surface area contributed by atoms with E-state index in [-0.39, 0.29) is 0 Å². The van der Waals surface area contributed by atoms with Crippen molar-refractivity contribution in [3.63, 3.8) is 0 Å². The Hall–Kier alpha value is -1.23. The number of thioether (sulfide) groups is 1. The van der Waals surface area contributed by atoms with Crippen molar-refractivity contribution in [3.05, 3.63) is 24.2 Å². The smallest absolute Gasteiger partial charge is 0.184 e. The number of rotatable bonds is 2. The van der Waals surface area contributed by atoms with E-state index in [1.165, 1.54) is 0 Å². The van der Waals surface area contributed by atoms with Crippen LogP contribution in [-0.2, 0) is 5.75 Å². The van der Waals surface area contributed by atoms with E-state index in [2.05, 4.69) is 10.2 Å². The standard InChI is InChI=1S/C8H10N4S/c1-13-5-7-10-11-8-6(9)3-2-4-12(7)8/h2-4H,5,9H2,1H3. The van der Waals surface area contributed by atoms with Gasteiger partial charge in [0, 0.05) is 6.20 Å². The van der Waals surface area contributed by atoms with Crippen molar-refractivity contribution in [1.82, 2.24) is 14.6 Å². The summed E-state index contributed by atoms with van der Waals surface area (Å²) in [7, 11) is 0. The van der Waals surface area contributed by atoms with Gasteiger partial charge in [-0.05, 0) is 18.4 Å². The molecule has 0 atom stereocenters. The number of nitrogens with two attached hydrogens (primary N) is 1. The molecule has 0 unspecified atom stereocenters. The van der Waals surface area contributed by atoms with Gasteiger partial charge in [-0.3, -0.25) is 4.40 Å². The first kappa shape index (κ1) is 8.37. The Morgan fingerprint density at radius 3 is 3.15 bits per heavy atom. The molecule has 0 saturated heterocycles. The summed E-state index contributed by atoms with van der Waals surface area (Å²) in [4.78, 5) is 0. The molecule has 0 amide bonds. The van der Waals surface area contributed by atoms with Gasteiger partial charge in [-0.2, -0.15) is 11.8 Å². The molecule has 2 aromatic rings. The lowest BCUT2D eigenvalue weighted by Gasteiger charge is -1.98. The van der Waals surface area contributed by atoms with Gasteiger partial charge in [0.2, 0.25) is 0 Å². The van der Waals surface area contributed by atoms with Crippen LogP contribution in [0.3, 0.4) is 0 Å². The summed E-state index contributed by atoms with van der Waals surface area (Å²) in [6, 6.07) is 3.72. The maximum Gasteiger partial charge on any atom is 0.184 e. The van der Waals surface area contributed by atoms with Crippen LogP contribution in [0.15, 0.2) is 18.3 Å². The highest BCUT2D eigenvalue weighted by atomic mass is 32.2. The van der Waals surface area contributed by atoms with Crippen LogP contribution in [-0.4, -0.2) is 20.9 Å². The van der Waals surface area contributed by atoms with Gasteiger partial charge in [0.05, 0.1) is 11.4 Å². The average molecular weight is 194 g/mol. The molecule has 2 rings (SSSR count). The Balaban J connectivity index is 2.61. The van der Waals surface area contributed by atoms with Crippen molar-refractivity contribution >= 4 is 23.1 Å². The summed E-state index contributed by atoms with van der Waals surface area (Å²) in [6.07, 6.45) is 3.96. The zero-order valence-corrected chi connectivity index (χ0v) is 8.08. The third-order valence-corrected chi connectivity index (χ3v) is 2.36. The van der Waals surface area contributed by atoms with Crippen LogP contribution in [0.4, 0.5) is 5.69 Å². The first-order valence-electron chi connectivity index (χ1n) is 3.90. The highest BCUT2D eigenvalue weighted by molar-refractivity contribution is 7.97. The second kappa shape index (κ2) is 3.26. The number of anilines is 1. The fourth-order valence-electron chi connectivity index (χ4n) is 1.21. The molecule has 0 bridgehead atoms. The second-order valence-corrected chi connectivity index (χ2v) is 3.57. The maximum absolute atomic E-state index is 5.74. The summed E-state index contributed by atoms with van der Waals surface area (Å²) in [5, 5.41) is 8.07. The zero-order valence-electron chi connectivity index (χ0n) is 7.27. The van der Waals surface area contributed by atoms with Gasteiger partial charge in [-0.15, -0.1) is 10.2 Å². The van der Waals surface area contributed by atoms with E-state index in [1.54, 1.807) is 11.8 Å². The van der Waals surface area contributed by atoms with Crippen LogP contribution in [0.2, 0.25) is 0 Å². The molecule has 13 heavy (non-hydrogen) atoms. The third-order valence-electron chi connectivity index (χ3n) is 1.81. The molecule has 4 nitrogen and oxygen atoms in total. The summed E-state index contributed by atoms with van der Waals surface area (Å²) in [6.45, 7) is 0. The Kier molecular flexibility index (Phi) is 2.10. The van der Waals surface area contributed by atoms with Crippen LogP contribution in [0.1, 0.15) is 5.82 Å². The van der Waals surface area contributed by atoms with E-state index >= 15 is 0 Å². The predicted molar refractivity (Wildman–Crippen MR) is 54.6 cm³/mol. The number of hydrogen-bond acceptors (Lipinski definition) is 4. The normalized spacial score (nSPS) is 10.8. The van der Waals surface area contributed by atoms with E-state index in [1.807, 2.05) is 29.0 Å². The molecular weight excluding hydrogens is 184 g/mol. The lowest BCUT2D eigenvalue weighted by molar-refractivity contribution is 0.991. The van der Waals surface area contributed by atoms with E-state index < -0.39 is 0 Å². The number of nitrogens with zero attached hydrogens (tertiary/aromatic N) is 3. The number of hydrogen-bond donors (Lipinski definition) is 1. The molecule has 0 aliphatic rings. The van der Waals surface area contributed by atoms with Crippen LogP contribution in [0, 0.1) is 0 Å². The largest absolute Gasteiger partial charge is 0.396 e. The van der Waals surface area contributed by atoms with E-state index in [0.29, 0.717) is 5.69 Å². The summed E-state index contributed by atoms with van der Waals surface area (Å²) in [5.41, 5.74) is 7.15. The van der Waals surface area contributed by atoms with Crippen LogP contribution >= 0.6 is 11.8 Å². The molecule has 5 heteroatoms. The van der Waals surface area contributed by atoms with Gasteiger partial charge in [0.1, 0.15) is 5.82 Å². The third kappa shape index (κ3) is 1.35. The van der Waals surface area contributed by atoms with E-state index in [9.17, 15) is 0 Å². The Morgan fingerprint density at radius 1 is 1.54 bits per heavy atom. The van der Waals surface area contributed by atoms with Crippen molar-refractivity contribution in [2.24, 2.45) is 0 Å². The van der Waals surface area contributed by atoms with Gasteiger partial charge in [0.15, 0.2) is 5.65 Å². The Labute approximate surface area is 80.2 Å². The predicted octanol–water partition coefficient (Wildman–Crippen LogP) is 1.17. The fraction of sp³-hybridized carbons (Fsp3) is 0.250. The highest BCUT2D eigenvalue weighted by Crippen LogP contribution is 2.13. The summed E-state index contributed by atoms with van der Waals surface area (Å²) < 4.78 is 1.92.